The van der Waals surface area contributed by atoms with Gasteiger partial charge in [0.1, 0.15) is 0 Å². The Hall–Kier alpha value is -2.39. The molecular formula is C19H27F3N4O2. The van der Waals surface area contributed by atoms with Crippen molar-refractivity contribution in [1.29, 1.82) is 0 Å². The SMILES string of the molecule is Cc1nn(C(C)C)cc1CNCc1ccc(CCN)cc1.O=C(O)C(F)(F)F. The maximum absolute atomic E-state index is 10.6. The van der Waals surface area contributed by atoms with Crippen LogP contribution in [0.4, 0.5) is 13.2 Å². The summed E-state index contributed by atoms with van der Waals surface area (Å²) < 4.78 is 33.8. The number of aromatic nitrogens is 2. The third kappa shape index (κ3) is 8.10. The second-order valence-electron chi connectivity index (χ2n) is 6.58. The quantitative estimate of drug-likeness (QED) is 0.664. The van der Waals surface area contributed by atoms with Crippen molar-refractivity contribution in [2.24, 2.45) is 5.73 Å². The molecule has 0 unspecified atom stereocenters. The number of halogens is 3. The largest absolute Gasteiger partial charge is 0.490 e. The number of hydrogen-bond donors (Lipinski definition) is 3. The molecule has 0 aliphatic heterocycles. The van der Waals surface area contributed by atoms with Gasteiger partial charge in [-0.3, -0.25) is 4.68 Å². The van der Waals surface area contributed by atoms with Crippen LogP contribution in [0.15, 0.2) is 30.5 Å². The zero-order valence-electron chi connectivity index (χ0n) is 16.3. The molecule has 0 spiro atoms. The second kappa shape index (κ2) is 10.8. The zero-order valence-corrected chi connectivity index (χ0v) is 16.3. The van der Waals surface area contributed by atoms with Crippen molar-refractivity contribution in [2.45, 2.75) is 52.5 Å². The fraction of sp³-hybridized carbons (Fsp3) is 0.474. The number of nitrogens with two attached hydrogens (primary N) is 1. The van der Waals surface area contributed by atoms with Gasteiger partial charge in [-0.25, -0.2) is 4.79 Å². The summed E-state index contributed by atoms with van der Waals surface area (Å²) in [6, 6.07) is 9.07. The van der Waals surface area contributed by atoms with Gasteiger partial charge in [0.05, 0.1) is 5.69 Å². The molecular weight excluding hydrogens is 373 g/mol. The van der Waals surface area contributed by atoms with Crippen LogP contribution >= 0.6 is 0 Å². The van der Waals surface area contributed by atoms with Gasteiger partial charge in [-0.15, -0.1) is 0 Å². The predicted molar refractivity (Wildman–Crippen MR) is 101 cm³/mol. The lowest BCUT2D eigenvalue weighted by molar-refractivity contribution is -0.192. The fourth-order valence-corrected chi connectivity index (χ4v) is 2.29. The van der Waals surface area contributed by atoms with Gasteiger partial charge in [-0.05, 0) is 44.9 Å². The number of aliphatic carboxylic acids is 1. The number of nitrogens with zero attached hydrogens (tertiary/aromatic N) is 2. The maximum Gasteiger partial charge on any atom is 0.490 e. The van der Waals surface area contributed by atoms with Crippen molar-refractivity contribution in [3.8, 4) is 0 Å². The van der Waals surface area contributed by atoms with Gasteiger partial charge in [-0.2, -0.15) is 18.3 Å². The van der Waals surface area contributed by atoms with E-state index in [-0.39, 0.29) is 0 Å². The number of benzene rings is 1. The highest BCUT2D eigenvalue weighted by Gasteiger charge is 2.38. The molecule has 4 N–H and O–H groups in total. The summed E-state index contributed by atoms with van der Waals surface area (Å²) in [7, 11) is 0. The Kier molecular flexibility index (Phi) is 9.14. The minimum Gasteiger partial charge on any atom is -0.475 e. The first-order valence-corrected chi connectivity index (χ1v) is 8.88. The second-order valence-corrected chi connectivity index (χ2v) is 6.58. The van der Waals surface area contributed by atoms with Crippen molar-refractivity contribution in [2.75, 3.05) is 6.54 Å². The lowest BCUT2D eigenvalue weighted by atomic mass is 10.1. The molecule has 9 heteroatoms. The van der Waals surface area contributed by atoms with E-state index >= 15 is 0 Å². The van der Waals surface area contributed by atoms with E-state index in [1.54, 1.807) is 0 Å². The van der Waals surface area contributed by atoms with Crippen molar-refractivity contribution in [3.63, 3.8) is 0 Å². The first-order valence-electron chi connectivity index (χ1n) is 8.88. The summed E-state index contributed by atoms with van der Waals surface area (Å²) in [4.78, 5) is 8.90. The highest BCUT2D eigenvalue weighted by molar-refractivity contribution is 5.73. The number of nitrogens with one attached hydrogen (secondary N) is 1. The summed E-state index contributed by atoms with van der Waals surface area (Å²) in [5, 5.41) is 15.1. The van der Waals surface area contributed by atoms with Crippen molar-refractivity contribution < 1.29 is 23.1 Å². The first-order chi connectivity index (χ1) is 13.0. The first kappa shape index (κ1) is 23.6. The third-order valence-corrected chi connectivity index (χ3v) is 3.89. The van der Waals surface area contributed by atoms with Crippen LogP contribution in [0.3, 0.4) is 0 Å². The Morgan fingerprint density at radius 2 is 1.75 bits per heavy atom. The van der Waals surface area contributed by atoms with Gasteiger partial charge in [0.15, 0.2) is 0 Å². The van der Waals surface area contributed by atoms with E-state index in [0.717, 1.165) is 25.2 Å². The number of rotatable bonds is 7. The number of hydrogen-bond acceptors (Lipinski definition) is 4. The number of alkyl halides is 3. The van der Waals surface area contributed by atoms with Gasteiger partial charge in [0.25, 0.3) is 0 Å². The van der Waals surface area contributed by atoms with Crippen LogP contribution in [-0.4, -0.2) is 33.6 Å². The molecule has 0 fully saturated rings. The molecule has 0 aliphatic carbocycles. The topological polar surface area (TPSA) is 93.2 Å². The molecule has 1 heterocycles. The lowest BCUT2D eigenvalue weighted by Gasteiger charge is -2.06. The summed E-state index contributed by atoms with van der Waals surface area (Å²) in [5.41, 5.74) is 10.5. The number of carboxylic acid groups (broad SMARTS) is 1. The van der Waals surface area contributed by atoms with E-state index < -0.39 is 12.1 Å². The standard InChI is InChI=1S/C17H26N4.C2HF3O2/c1-13(2)21-12-17(14(3)20-21)11-19-10-16-6-4-15(5-7-16)8-9-18;3-2(4,5)1(6)7/h4-7,12-13,19H,8-11,18H2,1-3H3;(H,6,7). The molecule has 28 heavy (non-hydrogen) atoms. The molecule has 0 amide bonds. The summed E-state index contributed by atoms with van der Waals surface area (Å²) >= 11 is 0. The van der Waals surface area contributed by atoms with Crippen molar-refractivity contribution in [3.05, 3.63) is 52.8 Å². The minimum absolute atomic E-state index is 0.410. The molecule has 1 aromatic carbocycles. The van der Waals surface area contributed by atoms with Crippen molar-refractivity contribution >= 4 is 5.97 Å². The Morgan fingerprint density at radius 1 is 1.21 bits per heavy atom. The van der Waals surface area contributed by atoms with Crippen LogP contribution < -0.4 is 11.1 Å². The monoisotopic (exact) mass is 400 g/mol. The highest BCUT2D eigenvalue weighted by atomic mass is 19.4. The van der Waals surface area contributed by atoms with Gasteiger partial charge < -0.3 is 16.2 Å². The van der Waals surface area contributed by atoms with E-state index in [1.807, 2.05) is 4.68 Å². The summed E-state index contributed by atoms with van der Waals surface area (Å²) in [5.74, 6) is -2.76. The van der Waals surface area contributed by atoms with Gasteiger partial charge in [-0.1, -0.05) is 24.3 Å². The minimum atomic E-state index is -5.08. The third-order valence-electron chi connectivity index (χ3n) is 3.89. The molecule has 2 aromatic rings. The average Bonchev–Trinajstić information content (AvgIpc) is 2.98. The van der Waals surface area contributed by atoms with Gasteiger partial charge in [0, 0.05) is 30.9 Å². The summed E-state index contributed by atoms with van der Waals surface area (Å²) in [6.07, 6.45) is -2.00. The van der Waals surface area contributed by atoms with Crippen LogP contribution in [-0.2, 0) is 24.3 Å². The molecule has 2 rings (SSSR count). The molecule has 0 radical (unpaired) electrons. The van der Waals surface area contributed by atoms with Crippen LogP contribution in [0, 0.1) is 6.92 Å². The van der Waals surface area contributed by atoms with Crippen LogP contribution in [0.5, 0.6) is 0 Å². The molecule has 6 nitrogen and oxygen atoms in total. The molecule has 1 aromatic heterocycles. The van der Waals surface area contributed by atoms with Gasteiger partial charge in [0.2, 0.25) is 0 Å². The molecule has 0 bridgehead atoms. The van der Waals surface area contributed by atoms with Crippen LogP contribution in [0.2, 0.25) is 0 Å². The maximum atomic E-state index is 10.6. The normalized spacial score (nSPS) is 11.3. The summed E-state index contributed by atoms with van der Waals surface area (Å²) in [6.45, 7) is 8.78. The Balaban J connectivity index is 0.000000480. The number of carboxylic acids is 1. The Bertz CT molecular complexity index is 741. The molecule has 156 valence electrons. The zero-order chi connectivity index (χ0) is 21.3. The van der Waals surface area contributed by atoms with E-state index in [9.17, 15) is 13.2 Å². The smallest absolute Gasteiger partial charge is 0.475 e. The molecule has 0 atom stereocenters. The van der Waals surface area contributed by atoms with E-state index in [2.05, 4.69) is 61.6 Å². The lowest BCUT2D eigenvalue weighted by Crippen LogP contribution is -2.21. The Labute approximate surface area is 162 Å². The predicted octanol–water partition coefficient (Wildman–Crippen LogP) is 3.20. The van der Waals surface area contributed by atoms with Crippen LogP contribution in [0.25, 0.3) is 0 Å². The Morgan fingerprint density at radius 3 is 2.18 bits per heavy atom. The molecule has 0 saturated heterocycles. The van der Waals surface area contributed by atoms with Crippen LogP contribution in [0.1, 0.15) is 42.3 Å². The van der Waals surface area contributed by atoms with E-state index in [1.165, 1.54) is 16.7 Å². The fourth-order valence-electron chi connectivity index (χ4n) is 2.29. The van der Waals surface area contributed by atoms with Crippen molar-refractivity contribution in [1.82, 2.24) is 15.1 Å². The molecule has 0 aliphatic rings. The van der Waals surface area contributed by atoms with E-state index in [4.69, 9.17) is 15.6 Å². The number of carbonyl (C=O) groups is 1. The number of aryl methyl sites for hydroxylation is 1. The highest BCUT2D eigenvalue weighted by Crippen LogP contribution is 2.13. The molecule has 0 saturated carbocycles. The van der Waals surface area contributed by atoms with E-state index in [0.29, 0.717) is 12.6 Å². The average molecular weight is 400 g/mol. The van der Waals surface area contributed by atoms with Gasteiger partial charge >= 0.3 is 12.1 Å².